The molecule has 1 aliphatic rings. The molecule has 2 unspecified atom stereocenters. The first-order valence-electron chi connectivity index (χ1n) is 10.6. The number of halogens is 1. The van der Waals surface area contributed by atoms with Crippen molar-refractivity contribution in [1.82, 2.24) is 25.2 Å². The molecular weight excluding hydrogens is 428 g/mol. The molecular formula is C22H33BrN6. The second kappa shape index (κ2) is 10.9. The van der Waals surface area contributed by atoms with Gasteiger partial charge in [-0.1, -0.05) is 24.3 Å². The molecule has 6 nitrogen and oxygen atoms in total. The largest absolute Gasteiger partial charge is 0.383 e. The quantitative estimate of drug-likeness (QED) is 0.345. The summed E-state index contributed by atoms with van der Waals surface area (Å²) < 4.78 is 3.26. The summed E-state index contributed by atoms with van der Waals surface area (Å²) in [4.78, 5) is 8.59. The molecule has 158 valence electrons. The Labute approximate surface area is 182 Å². The number of aromatic nitrogens is 3. The molecule has 2 aromatic rings. The van der Waals surface area contributed by atoms with Crippen molar-refractivity contribution in [2.24, 2.45) is 5.92 Å². The van der Waals surface area contributed by atoms with Gasteiger partial charge in [-0.15, -0.1) is 0 Å². The SMILES string of the molecule is C=C/C(=C\C)CCNCCCNCC1CCC(n2cc(Br)c3c(N)ncnc32)C1. The Bertz CT molecular complexity index is 843. The van der Waals surface area contributed by atoms with Gasteiger partial charge in [0.15, 0.2) is 0 Å². The number of hydrogen-bond acceptors (Lipinski definition) is 5. The highest BCUT2D eigenvalue weighted by Crippen LogP contribution is 2.39. The van der Waals surface area contributed by atoms with Gasteiger partial charge in [0.1, 0.15) is 17.8 Å². The Hall–Kier alpha value is -1.70. The normalized spacial score (nSPS) is 19.9. The number of allylic oxidation sites excluding steroid dienone is 2. The first-order chi connectivity index (χ1) is 14.1. The van der Waals surface area contributed by atoms with Crippen LogP contribution < -0.4 is 16.4 Å². The summed E-state index contributed by atoms with van der Waals surface area (Å²) in [6.45, 7) is 10.1. The number of nitrogens with zero attached hydrogens (tertiary/aromatic N) is 3. The van der Waals surface area contributed by atoms with E-state index in [0.29, 0.717) is 17.8 Å². The van der Waals surface area contributed by atoms with E-state index < -0.39 is 0 Å². The molecule has 0 radical (unpaired) electrons. The third kappa shape index (κ3) is 5.68. The van der Waals surface area contributed by atoms with Gasteiger partial charge in [-0.2, -0.15) is 0 Å². The molecule has 0 aromatic carbocycles. The summed E-state index contributed by atoms with van der Waals surface area (Å²) in [6, 6.07) is 0.484. The lowest BCUT2D eigenvalue weighted by atomic mass is 10.1. The van der Waals surface area contributed by atoms with Gasteiger partial charge in [0.2, 0.25) is 0 Å². The highest BCUT2D eigenvalue weighted by Gasteiger charge is 2.27. The number of anilines is 1. The monoisotopic (exact) mass is 460 g/mol. The second-order valence-corrected chi connectivity index (χ2v) is 8.65. The van der Waals surface area contributed by atoms with Crippen LogP contribution in [0.15, 0.2) is 41.3 Å². The Morgan fingerprint density at radius 1 is 1.31 bits per heavy atom. The first kappa shape index (κ1) is 22.0. The Morgan fingerprint density at radius 3 is 2.93 bits per heavy atom. The van der Waals surface area contributed by atoms with E-state index in [2.05, 4.69) is 66.9 Å². The Morgan fingerprint density at radius 2 is 2.14 bits per heavy atom. The molecule has 3 rings (SSSR count). The molecule has 2 atom stereocenters. The molecule has 1 saturated carbocycles. The van der Waals surface area contributed by atoms with Crippen LogP contribution in [0.1, 0.15) is 45.1 Å². The number of nitrogen functional groups attached to an aromatic ring is 1. The maximum Gasteiger partial charge on any atom is 0.146 e. The highest BCUT2D eigenvalue weighted by atomic mass is 79.9. The fourth-order valence-electron chi connectivity index (χ4n) is 4.19. The molecule has 0 saturated heterocycles. The van der Waals surface area contributed by atoms with E-state index in [1.54, 1.807) is 6.33 Å². The van der Waals surface area contributed by atoms with E-state index in [1.807, 2.05) is 6.08 Å². The van der Waals surface area contributed by atoms with Crippen LogP contribution in [-0.2, 0) is 0 Å². The van der Waals surface area contributed by atoms with Crippen LogP contribution in [0.4, 0.5) is 5.82 Å². The van der Waals surface area contributed by atoms with Crippen molar-refractivity contribution in [3.05, 3.63) is 41.3 Å². The molecule has 0 aliphatic heterocycles. The fraction of sp³-hybridized carbons (Fsp3) is 0.545. The zero-order chi connectivity index (χ0) is 20.6. The van der Waals surface area contributed by atoms with Gasteiger partial charge < -0.3 is 20.9 Å². The Balaban J connectivity index is 1.36. The molecule has 1 aliphatic carbocycles. The highest BCUT2D eigenvalue weighted by molar-refractivity contribution is 9.10. The summed E-state index contributed by atoms with van der Waals surface area (Å²) in [5.41, 5.74) is 8.28. The number of fused-ring (bicyclic) bond motifs is 1. The van der Waals surface area contributed by atoms with Crippen LogP contribution in [0.3, 0.4) is 0 Å². The van der Waals surface area contributed by atoms with E-state index in [9.17, 15) is 0 Å². The average Bonchev–Trinajstić information content (AvgIpc) is 3.32. The summed E-state index contributed by atoms with van der Waals surface area (Å²) in [6.07, 6.45) is 13.6. The van der Waals surface area contributed by atoms with Crippen molar-refractivity contribution >= 4 is 32.8 Å². The van der Waals surface area contributed by atoms with Crippen LogP contribution in [0, 0.1) is 5.92 Å². The third-order valence-corrected chi connectivity index (χ3v) is 6.46. The molecule has 29 heavy (non-hydrogen) atoms. The molecule has 0 amide bonds. The molecule has 0 spiro atoms. The van der Waals surface area contributed by atoms with Gasteiger partial charge in [-0.05, 0) is 87.1 Å². The number of rotatable bonds is 11. The maximum absolute atomic E-state index is 6.03. The van der Waals surface area contributed by atoms with Gasteiger partial charge in [0.05, 0.1) is 5.39 Å². The molecule has 2 aromatic heterocycles. The predicted octanol–water partition coefficient (Wildman–Crippen LogP) is 4.21. The zero-order valence-corrected chi connectivity index (χ0v) is 18.9. The van der Waals surface area contributed by atoms with Gasteiger partial charge >= 0.3 is 0 Å². The van der Waals surface area contributed by atoms with Crippen molar-refractivity contribution in [2.45, 2.75) is 45.1 Å². The zero-order valence-electron chi connectivity index (χ0n) is 17.3. The van der Waals surface area contributed by atoms with Gasteiger partial charge in [-0.3, -0.25) is 0 Å². The number of hydrogen-bond donors (Lipinski definition) is 3. The van der Waals surface area contributed by atoms with Gasteiger partial charge in [0, 0.05) is 16.7 Å². The average molecular weight is 461 g/mol. The minimum absolute atomic E-state index is 0.484. The van der Waals surface area contributed by atoms with E-state index in [0.717, 1.165) is 54.5 Å². The minimum Gasteiger partial charge on any atom is -0.383 e. The van der Waals surface area contributed by atoms with Crippen molar-refractivity contribution in [2.75, 3.05) is 31.9 Å². The van der Waals surface area contributed by atoms with E-state index in [4.69, 9.17) is 5.73 Å². The number of nitrogens with one attached hydrogen (secondary N) is 2. The minimum atomic E-state index is 0.484. The van der Waals surface area contributed by atoms with E-state index in [1.165, 1.54) is 24.8 Å². The lowest BCUT2D eigenvalue weighted by Crippen LogP contribution is -2.26. The maximum atomic E-state index is 6.03. The standard InChI is InChI=1S/C22H33BrN6/c1-3-16(4-2)8-11-25-9-5-10-26-13-17-6-7-18(12-17)29-14-19(23)20-21(24)27-15-28-22(20)29/h3-4,14-15,17-18,25-26H,1,5-13H2,2H3,(H2,24,27,28)/b16-4+. The molecule has 4 N–H and O–H groups in total. The fourth-order valence-corrected chi connectivity index (χ4v) is 4.79. The van der Waals surface area contributed by atoms with Crippen LogP contribution in [-0.4, -0.2) is 40.7 Å². The molecule has 7 heteroatoms. The molecule has 2 heterocycles. The summed E-state index contributed by atoms with van der Waals surface area (Å²) in [7, 11) is 0. The first-order valence-corrected chi connectivity index (χ1v) is 11.4. The second-order valence-electron chi connectivity index (χ2n) is 7.80. The lowest BCUT2D eigenvalue weighted by Gasteiger charge is -2.15. The molecule has 0 bridgehead atoms. The van der Waals surface area contributed by atoms with E-state index in [-0.39, 0.29) is 0 Å². The van der Waals surface area contributed by atoms with Crippen LogP contribution in [0.25, 0.3) is 11.0 Å². The van der Waals surface area contributed by atoms with Crippen molar-refractivity contribution in [3.63, 3.8) is 0 Å². The van der Waals surface area contributed by atoms with Crippen molar-refractivity contribution in [3.8, 4) is 0 Å². The van der Waals surface area contributed by atoms with Crippen molar-refractivity contribution < 1.29 is 0 Å². The smallest absolute Gasteiger partial charge is 0.146 e. The predicted molar refractivity (Wildman–Crippen MR) is 125 cm³/mol. The number of nitrogens with two attached hydrogens (primary N) is 1. The van der Waals surface area contributed by atoms with Crippen molar-refractivity contribution in [1.29, 1.82) is 0 Å². The lowest BCUT2D eigenvalue weighted by molar-refractivity contribution is 0.452. The van der Waals surface area contributed by atoms with Crippen LogP contribution >= 0.6 is 15.9 Å². The van der Waals surface area contributed by atoms with E-state index >= 15 is 0 Å². The van der Waals surface area contributed by atoms with Gasteiger partial charge in [-0.25, -0.2) is 9.97 Å². The van der Waals surface area contributed by atoms with Crippen LogP contribution in [0.5, 0.6) is 0 Å². The third-order valence-electron chi connectivity index (χ3n) is 5.86. The topological polar surface area (TPSA) is 80.8 Å². The summed E-state index contributed by atoms with van der Waals surface area (Å²) in [5, 5.41) is 8.07. The molecule has 1 fully saturated rings. The summed E-state index contributed by atoms with van der Waals surface area (Å²) in [5.74, 6) is 1.25. The van der Waals surface area contributed by atoms with Crippen LogP contribution in [0.2, 0.25) is 0 Å². The van der Waals surface area contributed by atoms with Gasteiger partial charge in [0.25, 0.3) is 0 Å². The summed E-state index contributed by atoms with van der Waals surface area (Å²) >= 11 is 3.62. The Kier molecular flexibility index (Phi) is 8.27.